The summed E-state index contributed by atoms with van der Waals surface area (Å²) in [5.41, 5.74) is 8.71. The molecule has 0 atom stereocenters. The number of nitrogens with zero attached hydrogens (tertiary/aromatic N) is 10. The number of aromatic nitrogens is 10. The molecule has 0 aliphatic rings. The molecule has 5 aromatic heterocycles. The quantitative estimate of drug-likeness (QED) is 0.0737. The molecule has 0 fully saturated rings. The normalized spacial score (nSPS) is 10.3. The molecule has 0 saturated heterocycles. The molecule has 5 heterocycles. The third-order valence-electron chi connectivity index (χ3n) is 8.88. The van der Waals surface area contributed by atoms with Gasteiger partial charge in [0.05, 0.1) is 12.3 Å². The van der Waals surface area contributed by atoms with Crippen LogP contribution in [0.3, 0.4) is 0 Å². The number of ether oxygens (including phenoxy) is 1. The Hall–Kier alpha value is -7.66. The van der Waals surface area contributed by atoms with E-state index in [1.54, 1.807) is 74.4 Å². The maximum Gasteiger partial charge on any atom is 0.376 e. The van der Waals surface area contributed by atoms with Gasteiger partial charge in [0, 0.05) is 64.7 Å². The fraction of sp³-hybridized carbons (Fsp3) is 0.196. The van der Waals surface area contributed by atoms with Crippen molar-refractivity contribution in [3.8, 4) is 0 Å². The van der Waals surface area contributed by atoms with Gasteiger partial charge in [0.15, 0.2) is 11.6 Å². The molecular formula is C51H50BrF3N10O3. The van der Waals surface area contributed by atoms with E-state index in [0.717, 1.165) is 69.8 Å². The second-order valence-corrected chi connectivity index (χ2v) is 14.9. The molecule has 8 aromatic rings. The number of aryl methyl sites for hydroxylation is 7. The maximum atomic E-state index is 12.9. The fourth-order valence-corrected chi connectivity index (χ4v) is 5.90. The summed E-state index contributed by atoms with van der Waals surface area (Å²) in [6.45, 7) is 7.93. The Balaban J connectivity index is 0.000000198. The van der Waals surface area contributed by atoms with Gasteiger partial charge in [-0.05, 0) is 137 Å². The van der Waals surface area contributed by atoms with E-state index in [9.17, 15) is 23.1 Å². The lowest BCUT2D eigenvalue weighted by Crippen LogP contribution is -2.08. The van der Waals surface area contributed by atoms with Crippen LogP contribution in [0.2, 0.25) is 0 Å². The second kappa shape index (κ2) is 29.8. The number of rotatable bonds is 11. The first-order valence-electron chi connectivity index (χ1n) is 21.2. The molecule has 1 N–H and O–H groups in total. The molecule has 13 nitrogen and oxygen atoms in total. The van der Waals surface area contributed by atoms with E-state index in [1.807, 2.05) is 45.0 Å². The standard InChI is InChI=1S/C18H15FN4O.C13H13FN2.C7H6BrF.C7H8N2O2.C6H8N2/c19-14-5-2-13(3-6-14)4-7-15-10-16(23-12-22-15)11-17(24)18-20-8-1-9-21-18;1-10-8-13(16-9-15-10)7-4-11-2-5-12(14)6-3-11;8-5-6-1-3-7(9)4-2-6;1-2-11-7(10)6-8-4-3-5-9-6;1-5-3-6(2)8-4-7-5/h1-3,5-6,8-12,24H,4,7H2;2-3,5-6,8-9H,4,7H2,1H3;1-4H,5H2;3-5H,2H2,1H3;3-4H,1-2H3/b17-11-;;;;. The number of aliphatic hydroxyl groups excluding tert-OH is 1. The zero-order valence-electron chi connectivity index (χ0n) is 37.9. The van der Waals surface area contributed by atoms with Gasteiger partial charge < -0.3 is 9.84 Å². The van der Waals surface area contributed by atoms with Crippen LogP contribution < -0.4 is 0 Å². The molecule has 0 spiro atoms. The van der Waals surface area contributed by atoms with Crippen LogP contribution in [0.15, 0.2) is 147 Å². The predicted octanol–water partition coefficient (Wildman–Crippen LogP) is 10.4. The van der Waals surface area contributed by atoms with E-state index in [2.05, 4.69) is 70.5 Å². The number of alkyl halides is 1. The van der Waals surface area contributed by atoms with Gasteiger partial charge in [-0.3, -0.25) is 0 Å². The molecule has 3 aromatic carbocycles. The molecule has 0 amide bonds. The van der Waals surface area contributed by atoms with Crippen molar-refractivity contribution in [2.45, 2.75) is 58.7 Å². The minimum Gasteiger partial charge on any atom is -0.504 e. The lowest BCUT2D eigenvalue weighted by molar-refractivity contribution is 0.0512. The van der Waals surface area contributed by atoms with Gasteiger partial charge in [0.1, 0.15) is 36.4 Å². The number of hydrogen-bond donors (Lipinski definition) is 1. The van der Waals surface area contributed by atoms with Gasteiger partial charge in [-0.1, -0.05) is 52.3 Å². The first kappa shape index (κ1) is 53.0. The number of hydrogen-bond acceptors (Lipinski definition) is 13. The second-order valence-electron chi connectivity index (χ2n) is 14.3. The van der Waals surface area contributed by atoms with Crippen LogP contribution in [0.25, 0.3) is 11.8 Å². The molecule has 68 heavy (non-hydrogen) atoms. The van der Waals surface area contributed by atoms with Crippen molar-refractivity contribution in [1.82, 2.24) is 49.8 Å². The van der Waals surface area contributed by atoms with E-state index in [4.69, 9.17) is 0 Å². The number of aliphatic hydroxyl groups is 1. The van der Waals surface area contributed by atoms with Crippen LogP contribution in [0.1, 0.15) is 74.2 Å². The van der Waals surface area contributed by atoms with E-state index in [0.29, 0.717) is 18.7 Å². The van der Waals surface area contributed by atoms with Crippen molar-refractivity contribution in [2.24, 2.45) is 0 Å². The number of halogens is 4. The summed E-state index contributed by atoms with van der Waals surface area (Å²) < 4.78 is 42.5. The van der Waals surface area contributed by atoms with E-state index >= 15 is 0 Å². The molecular weight excluding hydrogens is 938 g/mol. The summed E-state index contributed by atoms with van der Waals surface area (Å²) in [4.78, 5) is 50.7. The van der Waals surface area contributed by atoms with Gasteiger partial charge in [0.25, 0.3) is 0 Å². The van der Waals surface area contributed by atoms with Gasteiger partial charge >= 0.3 is 5.97 Å². The molecule has 0 bridgehead atoms. The summed E-state index contributed by atoms with van der Waals surface area (Å²) in [6.07, 6.45) is 15.4. The van der Waals surface area contributed by atoms with Crippen LogP contribution in [-0.4, -0.2) is 67.5 Å². The lowest BCUT2D eigenvalue weighted by Gasteiger charge is -2.03. The number of carbonyl (C=O) groups is 1. The Kier molecular flexibility index (Phi) is 23.2. The molecule has 0 aliphatic heterocycles. The SMILES string of the molecule is CCOC(=O)c1ncccn1.Cc1cc(C)ncn1.Cc1cc(CCc2ccc(F)cc2)ncn1.Fc1ccc(CBr)cc1.O/C(=C\c1cc(CCc2ccc(F)cc2)ncn1)c1ncccn1. The highest BCUT2D eigenvalue weighted by Crippen LogP contribution is 2.13. The van der Waals surface area contributed by atoms with Crippen molar-refractivity contribution in [1.29, 1.82) is 0 Å². The fourth-order valence-electron chi connectivity index (χ4n) is 5.52. The van der Waals surface area contributed by atoms with Crippen LogP contribution >= 0.6 is 15.9 Å². The third kappa shape index (κ3) is 21.1. The van der Waals surface area contributed by atoms with Crippen LogP contribution in [0.4, 0.5) is 13.2 Å². The van der Waals surface area contributed by atoms with Crippen LogP contribution in [0.5, 0.6) is 0 Å². The summed E-state index contributed by atoms with van der Waals surface area (Å²) in [7, 11) is 0. The maximum absolute atomic E-state index is 12.9. The Morgan fingerprint density at radius 1 is 0.544 bits per heavy atom. The van der Waals surface area contributed by atoms with Gasteiger partial charge in [-0.25, -0.2) is 67.8 Å². The van der Waals surface area contributed by atoms with Gasteiger partial charge in [0.2, 0.25) is 5.82 Å². The first-order chi connectivity index (χ1) is 32.9. The third-order valence-corrected chi connectivity index (χ3v) is 9.53. The zero-order chi connectivity index (χ0) is 48.9. The summed E-state index contributed by atoms with van der Waals surface area (Å²) >= 11 is 3.26. The van der Waals surface area contributed by atoms with Crippen molar-refractivity contribution < 1.29 is 27.8 Å². The van der Waals surface area contributed by atoms with Crippen molar-refractivity contribution in [3.05, 3.63) is 227 Å². The smallest absolute Gasteiger partial charge is 0.376 e. The van der Waals surface area contributed by atoms with Crippen molar-refractivity contribution in [2.75, 3.05) is 6.61 Å². The highest BCUT2D eigenvalue weighted by Gasteiger charge is 2.07. The largest absolute Gasteiger partial charge is 0.504 e. The Labute approximate surface area is 402 Å². The number of carbonyl (C=O) groups excluding carboxylic acids is 1. The Morgan fingerprint density at radius 3 is 1.38 bits per heavy atom. The topological polar surface area (TPSA) is 175 Å². The summed E-state index contributed by atoms with van der Waals surface area (Å²) in [5.74, 6) is -0.807. The molecule has 17 heteroatoms. The average Bonchev–Trinajstić information content (AvgIpc) is 3.35. The van der Waals surface area contributed by atoms with Gasteiger partial charge in [-0.2, -0.15) is 0 Å². The van der Waals surface area contributed by atoms with Crippen molar-refractivity contribution >= 4 is 33.7 Å². The summed E-state index contributed by atoms with van der Waals surface area (Å²) in [6, 6.07) is 28.5. The lowest BCUT2D eigenvalue weighted by atomic mass is 10.1. The Morgan fingerprint density at radius 2 is 0.956 bits per heavy atom. The summed E-state index contributed by atoms with van der Waals surface area (Å²) in [5, 5.41) is 10.8. The molecule has 0 radical (unpaired) electrons. The molecule has 0 saturated carbocycles. The minimum absolute atomic E-state index is 0.0567. The number of esters is 1. The highest BCUT2D eigenvalue weighted by atomic mass is 79.9. The van der Waals surface area contributed by atoms with E-state index in [-0.39, 0.29) is 34.9 Å². The van der Waals surface area contributed by atoms with Crippen molar-refractivity contribution in [3.63, 3.8) is 0 Å². The predicted molar refractivity (Wildman–Crippen MR) is 257 cm³/mol. The minimum atomic E-state index is -0.479. The van der Waals surface area contributed by atoms with Gasteiger partial charge in [-0.15, -0.1) is 0 Å². The Bertz CT molecular complexity index is 2710. The van der Waals surface area contributed by atoms with Crippen LogP contribution in [-0.2, 0) is 35.8 Å². The molecule has 8 rings (SSSR count). The molecule has 0 unspecified atom stereocenters. The molecule has 350 valence electrons. The van der Waals surface area contributed by atoms with Crippen LogP contribution in [0, 0.1) is 38.2 Å². The first-order valence-corrected chi connectivity index (χ1v) is 22.3. The number of benzene rings is 3. The van der Waals surface area contributed by atoms with E-state index < -0.39 is 5.97 Å². The highest BCUT2D eigenvalue weighted by molar-refractivity contribution is 9.08. The average molecular weight is 988 g/mol. The zero-order valence-corrected chi connectivity index (χ0v) is 39.5. The van der Waals surface area contributed by atoms with E-state index in [1.165, 1.54) is 61.2 Å². The molecule has 0 aliphatic carbocycles. The monoisotopic (exact) mass is 986 g/mol.